The van der Waals surface area contributed by atoms with Crippen molar-refractivity contribution in [1.82, 2.24) is 14.3 Å². The molecule has 0 aliphatic carbocycles. The monoisotopic (exact) mass is 394 g/mol. The van der Waals surface area contributed by atoms with E-state index in [1.807, 2.05) is 12.1 Å². The molecule has 1 N–H and O–H groups in total. The number of aromatic nitrogens is 3. The number of carbonyl (C=O) groups is 1. The molecule has 0 fully saturated rings. The highest BCUT2D eigenvalue weighted by Gasteiger charge is 2.19. The lowest BCUT2D eigenvalue weighted by atomic mass is 10.0. The summed E-state index contributed by atoms with van der Waals surface area (Å²) in [6.07, 6.45) is 0. The summed E-state index contributed by atoms with van der Waals surface area (Å²) >= 11 is 0. The van der Waals surface area contributed by atoms with Crippen LogP contribution in [-0.2, 0) is 7.05 Å². The van der Waals surface area contributed by atoms with E-state index in [0.717, 1.165) is 14.8 Å². The van der Waals surface area contributed by atoms with Crippen LogP contribution in [0.5, 0.6) is 5.75 Å². The first-order chi connectivity index (χ1) is 13.8. The third-order valence-corrected chi connectivity index (χ3v) is 4.54. The van der Waals surface area contributed by atoms with Crippen molar-refractivity contribution in [2.75, 3.05) is 12.4 Å². The molecule has 0 unspecified atom stereocenters. The lowest BCUT2D eigenvalue weighted by Gasteiger charge is -2.11. The number of nitrogens with zero attached hydrogens (tertiary/aromatic N) is 3. The number of hydrogen-bond donors (Lipinski definition) is 1. The molecular weight excluding hydrogens is 372 g/mol. The smallest absolute Gasteiger partial charge is 0.351 e. The molecule has 0 radical (unpaired) electrons. The minimum Gasteiger partial charge on any atom is -0.497 e. The van der Waals surface area contributed by atoms with Crippen LogP contribution in [0.25, 0.3) is 5.69 Å². The van der Waals surface area contributed by atoms with Crippen LogP contribution in [0.3, 0.4) is 0 Å². The molecule has 29 heavy (non-hydrogen) atoms. The van der Waals surface area contributed by atoms with Crippen LogP contribution in [0.4, 0.5) is 5.69 Å². The fraction of sp³-hybridized carbons (Fsp3) is 0.238. The number of benzene rings is 2. The van der Waals surface area contributed by atoms with Gasteiger partial charge in [0.25, 0.3) is 11.5 Å². The Hall–Kier alpha value is -3.68. The summed E-state index contributed by atoms with van der Waals surface area (Å²) in [6, 6.07) is 13.9. The van der Waals surface area contributed by atoms with Crippen molar-refractivity contribution >= 4 is 11.6 Å². The fourth-order valence-electron chi connectivity index (χ4n) is 2.75. The molecule has 3 aromatic rings. The first kappa shape index (κ1) is 20.1. The number of amides is 1. The van der Waals surface area contributed by atoms with E-state index >= 15 is 0 Å². The van der Waals surface area contributed by atoms with Crippen LogP contribution in [0.1, 0.15) is 35.8 Å². The normalized spacial score (nSPS) is 10.8. The molecule has 8 heteroatoms. The van der Waals surface area contributed by atoms with Crippen LogP contribution in [0, 0.1) is 0 Å². The van der Waals surface area contributed by atoms with Crippen molar-refractivity contribution < 1.29 is 9.53 Å². The van der Waals surface area contributed by atoms with Gasteiger partial charge in [-0.1, -0.05) is 26.0 Å². The quantitative estimate of drug-likeness (QED) is 0.717. The number of nitrogens with one attached hydrogen (secondary N) is 1. The molecule has 150 valence electrons. The zero-order valence-electron chi connectivity index (χ0n) is 16.7. The molecule has 0 bridgehead atoms. The highest BCUT2D eigenvalue weighted by Crippen LogP contribution is 2.17. The molecule has 0 aliphatic rings. The fourth-order valence-corrected chi connectivity index (χ4v) is 2.75. The Morgan fingerprint density at radius 1 is 1.03 bits per heavy atom. The maximum Gasteiger partial charge on any atom is 0.351 e. The Kier molecular flexibility index (Phi) is 5.63. The second-order valence-corrected chi connectivity index (χ2v) is 6.84. The predicted octanol–water partition coefficient (Wildman–Crippen LogP) is 2.32. The zero-order chi connectivity index (χ0) is 21.1. The van der Waals surface area contributed by atoms with E-state index in [2.05, 4.69) is 24.3 Å². The highest BCUT2D eigenvalue weighted by atomic mass is 16.5. The first-order valence-electron chi connectivity index (χ1n) is 9.08. The molecule has 8 nitrogen and oxygen atoms in total. The minimum atomic E-state index is -0.768. The molecule has 3 rings (SSSR count). The SMILES string of the molecule is COc1ccc(-n2nc(C(=O)Nc3ccc(C(C)C)cc3)c(=O)n(C)c2=O)cc1. The van der Waals surface area contributed by atoms with Crippen LogP contribution in [-0.4, -0.2) is 27.4 Å². The van der Waals surface area contributed by atoms with Crippen LogP contribution in [0.2, 0.25) is 0 Å². The maximum absolute atomic E-state index is 12.7. The molecule has 0 spiro atoms. The Bertz CT molecular complexity index is 1140. The second-order valence-electron chi connectivity index (χ2n) is 6.84. The third kappa shape index (κ3) is 4.11. The summed E-state index contributed by atoms with van der Waals surface area (Å²) in [6.45, 7) is 4.15. The third-order valence-electron chi connectivity index (χ3n) is 4.54. The molecule has 1 aromatic heterocycles. The summed E-state index contributed by atoms with van der Waals surface area (Å²) in [7, 11) is 2.84. The number of ether oxygens (including phenoxy) is 1. The van der Waals surface area contributed by atoms with E-state index < -0.39 is 17.2 Å². The number of rotatable bonds is 5. The van der Waals surface area contributed by atoms with E-state index in [1.165, 1.54) is 14.2 Å². The number of carbonyl (C=O) groups excluding carboxylic acids is 1. The molecule has 2 aromatic carbocycles. The Morgan fingerprint density at radius 3 is 2.21 bits per heavy atom. The van der Waals surface area contributed by atoms with E-state index in [-0.39, 0.29) is 5.69 Å². The Balaban J connectivity index is 1.98. The van der Waals surface area contributed by atoms with Gasteiger partial charge in [0.05, 0.1) is 12.8 Å². The summed E-state index contributed by atoms with van der Waals surface area (Å²) in [5, 5.41) is 6.68. The number of methoxy groups -OCH3 is 1. The lowest BCUT2D eigenvalue weighted by Crippen LogP contribution is -2.43. The molecule has 0 saturated carbocycles. The van der Waals surface area contributed by atoms with Crippen molar-refractivity contribution in [2.45, 2.75) is 19.8 Å². The van der Waals surface area contributed by atoms with E-state index in [1.54, 1.807) is 36.4 Å². The summed E-state index contributed by atoms with van der Waals surface area (Å²) in [4.78, 5) is 37.6. The van der Waals surface area contributed by atoms with Crippen LogP contribution >= 0.6 is 0 Å². The van der Waals surface area contributed by atoms with Gasteiger partial charge in [0.15, 0.2) is 0 Å². The van der Waals surface area contributed by atoms with Gasteiger partial charge in [-0.3, -0.25) is 14.2 Å². The molecule has 1 heterocycles. The highest BCUT2D eigenvalue weighted by molar-refractivity contribution is 6.02. The molecule has 0 saturated heterocycles. The molecule has 0 aliphatic heterocycles. The summed E-state index contributed by atoms with van der Waals surface area (Å²) in [5.41, 5.74) is 0.266. The van der Waals surface area contributed by atoms with Crippen molar-refractivity contribution in [3.63, 3.8) is 0 Å². The van der Waals surface area contributed by atoms with Gasteiger partial charge in [0.2, 0.25) is 5.69 Å². The van der Waals surface area contributed by atoms with Crippen molar-refractivity contribution in [3.8, 4) is 11.4 Å². The van der Waals surface area contributed by atoms with Gasteiger partial charge in [0.1, 0.15) is 5.75 Å². The lowest BCUT2D eigenvalue weighted by molar-refractivity contribution is 0.101. The molecule has 0 atom stereocenters. The predicted molar refractivity (Wildman–Crippen MR) is 110 cm³/mol. The van der Waals surface area contributed by atoms with Gasteiger partial charge in [0, 0.05) is 12.7 Å². The van der Waals surface area contributed by atoms with Gasteiger partial charge in [-0.05, 0) is 47.9 Å². The Labute approximate surface area is 167 Å². The average Bonchev–Trinajstić information content (AvgIpc) is 2.72. The Morgan fingerprint density at radius 2 is 1.66 bits per heavy atom. The van der Waals surface area contributed by atoms with Gasteiger partial charge >= 0.3 is 5.69 Å². The second kappa shape index (κ2) is 8.14. The van der Waals surface area contributed by atoms with E-state index in [4.69, 9.17) is 4.74 Å². The van der Waals surface area contributed by atoms with E-state index in [0.29, 0.717) is 23.0 Å². The summed E-state index contributed by atoms with van der Waals surface area (Å²) < 4.78 is 6.97. The first-order valence-corrected chi connectivity index (χ1v) is 9.08. The van der Waals surface area contributed by atoms with Crippen LogP contribution < -0.4 is 21.3 Å². The largest absolute Gasteiger partial charge is 0.497 e. The molecule has 1 amide bonds. The number of hydrogen-bond acceptors (Lipinski definition) is 5. The van der Waals surface area contributed by atoms with Gasteiger partial charge < -0.3 is 10.1 Å². The van der Waals surface area contributed by atoms with Gasteiger partial charge in [-0.25, -0.2) is 4.79 Å². The van der Waals surface area contributed by atoms with Crippen molar-refractivity contribution in [1.29, 1.82) is 0 Å². The number of anilines is 1. The molecular formula is C21H22N4O4. The standard InChI is InChI=1S/C21H22N4O4/c1-13(2)14-5-7-15(8-6-14)22-19(26)18-20(27)24(3)21(28)25(23-18)16-9-11-17(29-4)12-10-16/h5-13H,1-4H3,(H,22,26). The topological polar surface area (TPSA) is 95.2 Å². The summed E-state index contributed by atoms with van der Waals surface area (Å²) in [5.74, 6) is 0.279. The van der Waals surface area contributed by atoms with Crippen LogP contribution in [0.15, 0.2) is 58.1 Å². The maximum atomic E-state index is 12.7. The zero-order valence-corrected chi connectivity index (χ0v) is 16.7. The van der Waals surface area contributed by atoms with Gasteiger partial charge in [-0.15, -0.1) is 0 Å². The average molecular weight is 394 g/mol. The van der Waals surface area contributed by atoms with Gasteiger partial charge in [-0.2, -0.15) is 9.78 Å². The minimum absolute atomic E-state index is 0.363. The van der Waals surface area contributed by atoms with E-state index in [9.17, 15) is 14.4 Å². The van der Waals surface area contributed by atoms with Crippen molar-refractivity contribution in [2.24, 2.45) is 7.05 Å². The van der Waals surface area contributed by atoms with Crippen molar-refractivity contribution in [3.05, 3.63) is 80.6 Å².